The van der Waals surface area contributed by atoms with E-state index in [1.54, 1.807) is 0 Å². The second kappa shape index (κ2) is 5.99. The maximum Gasteiger partial charge on any atom is 0.0991 e. The minimum atomic E-state index is 0.369. The van der Waals surface area contributed by atoms with Crippen LogP contribution in [0.25, 0.3) is 0 Å². The van der Waals surface area contributed by atoms with Crippen molar-refractivity contribution in [3.8, 4) is 6.07 Å². The van der Waals surface area contributed by atoms with E-state index < -0.39 is 0 Å². The van der Waals surface area contributed by atoms with Crippen molar-refractivity contribution in [3.05, 3.63) is 35.4 Å². The summed E-state index contributed by atoms with van der Waals surface area (Å²) in [6, 6.07) is 11.2. The van der Waals surface area contributed by atoms with Crippen LogP contribution in [0, 0.1) is 11.3 Å². The molecule has 1 aromatic carbocycles. The van der Waals surface area contributed by atoms with Gasteiger partial charge in [0.05, 0.1) is 11.6 Å². The first-order valence-electron chi connectivity index (χ1n) is 6.72. The normalized spacial score (nSPS) is 20.9. The van der Waals surface area contributed by atoms with Gasteiger partial charge >= 0.3 is 0 Å². The van der Waals surface area contributed by atoms with Gasteiger partial charge in [-0.15, -0.1) is 0 Å². The number of hydrogen-bond donors (Lipinski definition) is 1. The fourth-order valence-electron chi connectivity index (χ4n) is 2.83. The van der Waals surface area contributed by atoms with Crippen LogP contribution in [-0.4, -0.2) is 30.6 Å². The highest BCUT2D eigenvalue weighted by Crippen LogP contribution is 2.25. The molecule has 1 saturated heterocycles. The molecule has 96 valence electrons. The van der Waals surface area contributed by atoms with Gasteiger partial charge in [-0.3, -0.25) is 4.90 Å². The molecule has 0 aliphatic carbocycles. The lowest BCUT2D eigenvalue weighted by Gasteiger charge is -2.33. The number of nitriles is 1. The molecule has 2 rings (SSSR count). The van der Waals surface area contributed by atoms with E-state index in [1.165, 1.54) is 12.0 Å². The summed E-state index contributed by atoms with van der Waals surface area (Å²) in [4.78, 5) is 2.52. The lowest BCUT2D eigenvalue weighted by atomic mass is 10.0. The van der Waals surface area contributed by atoms with Gasteiger partial charge < -0.3 is 5.32 Å². The molecule has 0 radical (unpaired) electrons. The average molecular weight is 243 g/mol. The molecule has 18 heavy (non-hydrogen) atoms. The van der Waals surface area contributed by atoms with Gasteiger partial charge in [-0.05, 0) is 44.1 Å². The monoisotopic (exact) mass is 243 g/mol. The van der Waals surface area contributed by atoms with Gasteiger partial charge in [0.15, 0.2) is 0 Å². The highest BCUT2D eigenvalue weighted by atomic mass is 15.2. The summed E-state index contributed by atoms with van der Waals surface area (Å²) < 4.78 is 0. The maximum atomic E-state index is 8.98. The molecular formula is C15H21N3. The van der Waals surface area contributed by atoms with Gasteiger partial charge in [0, 0.05) is 18.6 Å². The van der Waals surface area contributed by atoms with Gasteiger partial charge in [-0.2, -0.15) is 5.26 Å². The third kappa shape index (κ3) is 2.72. The van der Waals surface area contributed by atoms with Crippen molar-refractivity contribution in [1.29, 1.82) is 5.26 Å². The molecule has 0 amide bonds. The zero-order valence-corrected chi connectivity index (χ0v) is 11.2. The third-order valence-corrected chi connectivity index (χ3v) is 3.86. The summed E-state index contributed by atoms with van der Waals surface area (Å²) >= 11 is 0. The summed E-state index contributed by atoms with van der Waals surface area (Å²) in [5.41, 5.74) is 1.99. The maximum absolute atomic E-state index is 8.98. The summed E-state index contributed by atoms with van der Waals surface area (Å²) in [7, 11) is 0. The van der Waals surface area contributed by atoms with Gasteiger partial charge in [-0.25, -0.2) is 0 Å². The molecule has 1 N–H and O–H groups in total. The number of nitrogens with zero attached hydrogens (tertiary/aromatic N) is 2. The standard InChI is InChI=1S/C15H21N3/c1-3-18(15-7-8-17-11-15)12(2)14-6-4-5-13(9-14)10-16/h4-6,9,12,15,17H,3,7-8,11H2,1-2H3. The van der Waals surface area contributed by atoms with E-state index >= 15 is 0 Å². The van der Waals surface area contributed by atoms with Gasteiger partial charge in [0.25, 0.3) is 0 Å². The van der Waals surface area contributed by atoms with E-state index in [9.17, 15) is 0 Å². The molecule has 0 spiro atoms. The lowest BCUT2D eigenvalue weighted by Crippen LogP contribution is -2.38. The topological polar surface area (TPSA) is 39.1 Å². The molecule has 1 aliphatic rings. The molecule has 1 fully saturated rings. The molecule has 1 aliphatic heterocycles. The van der Waals surface area contributed by atoms with Crippen molar-refractivity contribution in [3.63, 3.8) is 0 Å². The molecule has 3 heteroatoms. The Morgan fingerprint density at radius 2 is 2.39 bits per heavy atom. The van der Waals surface area contributed by atoms with Crippen molar-refractivity contribution in [1.82, 2.24) is 10.2 Å². The molecule has 3 nitrogen and oxygen atoms in total. The van der Waals surface area contributed by atoms with Crippen molar-refractivity contribution in [2.45, 2.75) is 32.4 Å². The quantitative estimate of drug-likeness (QED) is 0.882. The van der Waals surface area contributed by atoms with Crippen LogP contribution >= 0.6 is 0 Å². The second-order valence-electron chi connectivity index (χ2n) is 4.89. The Morgan fingerprint density at radius 3 is 3.00 bits per heavy atom. The van der Waals surface area contributed by atoms with E-state index in [0.717, 1.165) is 25.2 Å². The van der Waals surface area contributed by atoms with Crippen LogP contribution in [0.1, 0.15) is 37.4 Å². The Morgan fingerprint density at radius 1 is 1.56 bits per heavy atom. The first-order chi connectivity index (χ1) is 8.76. The zero-order valence-electron chi connectivity index (χ0n) is 11.2. The van der Waals surface area contributed by atoms with Crippen molar-refractivity contribution in [2.75, 3.05) is 19.6 Å². The SMILES string of the molecule is CCN(C1CCNC1)C(C)c1cccc(C#N)c1. The minimum Gasteiger partial charge on any atom is -0.315 e. The summed E-state index contributed by atoms with van der Waals surface area (Å²) in [5, 5.41) is 12.4. The van der Waals surface area contributed by atoms with Crippen LogP contribution < -0.4 is 5.32 Å². The molecule has 0 saturated carbocycles. The summed E-state index contributed by atoms with van der Waals surface area (Å²) in [5.74, 6) is 0. The highest BCUT2D eigenvalue weighted by Gasteiger charge is 2.25. The average Bonchev–Trinajstić information content (AvgIpc) is 2.93. The van der Waals surface area contributed by atoms with Crippen LogP contribution in [0.2, 0.25) is 0 Å². The molecule has 1 aromatic rings. The van der Waals surface area contributed by atoms with E-state index in [-0.39, 0.29) is 0 Å². The van der Waals surface area contributed by atoms with E-state index in [4.69, 9.17) is 5.26 Å². The first kappa shape index (κ1) is 13.1. The fourth-order valence-corrected chi connectivity index (χ4v) is 2.83. The number of likely N-dealkylation sites (N-methyl/N-ethyl adjacent to an activating group) is 1. The largest absolute Gasteiger partial charge is 0.315 e. The van der Waals surface area contributed by atoms with Gasteiger partial charge in [0.2, 0.25) is 0 Å². The summed E-state index contributed by atoms with van der Waals surface area (Å²) in [6.45, 7) is 7.69. The van der Waals surface area contributed by atoms with Crippen LogP contribution in [0.4, 0.5) is 0 Å². The Kier molecular flexibility index (Phi) is 4.35. The van der Waals surface area contributed by atoms with Crippen LogP contribution in [0.3, 0.4) is 0 Å². The van der Waals surface area contributed by atoms with Crippen LogP contribution in [0.5, 0.6) is 0 Å². The van der Waals surface area contributed by atoms with Crippen molar-refractivity contribution >= 4 is 0 Å². The number of nitrogens with one attached hydrogen (secondary N) is 1. The van der Waals surface area contributed by atoms with Crippen LogP contribution in [0.15, 0.2) is 24.3 Å². The predicted molar refractivity (Wildman–Crippen MR) is 73.2 cm³/mol. The molecule has 2 atom stereocenters. The fraction of sp³-hybridized carbons (Fsp3) is 0.533. The Balaban J connectivity index is 2.17. The number of hydrogen-bond acceptors (Lipinski definition) is 3. The lowest BCUT2D eigenvalue weighted by molar-refractivity contribution is 0.162. The molecule has 0 bridgehead atoms. The smallest absolute Gasteiger partial charge is 0.0991 e. The number of rotatable bonds is 4. The van der Waals surface area contributed by atoms with E-state index in [2.05, 4.69) is 36.2 Å². The second-order valence-corrected chi connectivity index (χ2v) is 4.89. The van der Waals surface area contributed by atoms with Gasteiger partial charge in [0.1, 0.15) is 0 Å². The van der Waals surface area contributed by atoms with Gasteiger partial charge in [-0.1, -0.05) is 19.1 Å². The minimum absolute atomic E-state index is 0.369. The first-order valence-corrected chi connectivity index (χ1v) is 6.72. The Hall–Kier alpha value is -1.37. The van der Waals surface area contributed by atoms with E-state index in [0.29, 0.717) is 12.1 Å². The summed E-state index contributed by atoms with van der Waals surface area (Å²) in [6.07, 6.45) is 1.22. The molecule has 2 unspecified atom stereocenters. The highest BCUT2D eigenvalue weighted by molar-refractivity contribution is 5.34. The molecule has 0 aromatic heterocycles. The third-order valence-electron chi connectivity index (χ3n) is 3.86. The predicted octanol–water partition coefficient (Wildman–Crippen LogP) is 2.30. The Labute approximate surface area is 109 Å². The molecular weight excluding hydrogens is 222 g/mol. The van der Waals surface area contributed by atoms with Crippen molar-refractivity contribution in [2.24, 2.45) is 0 Å². The molecule has 1 heterocycles. The van der Waals surface area contributed by atoms with Crippen LogP contribution in [-0.2, 0) is 0 Å². The zero-order chi connectivity index (χ0) is 13.0. The Bertz CT molecular complexity index is 430. The van der Waals surface area contributed by atoms with Crippen molar-refractivity contribution < 1.29 is 0 Å². The van der Waals surface area contributed by atoms with E-state index in [1.807, 2.05) is 18.2 Å². The number of benzene rings is 1.